The van der Waals surface area contributed by atoms with E-state index in [1.165, 1.54) is 0 Å². The minimum Gasteiger partial charge on any atom is -0.492 e. The molecule has 0 aliphatic rings. The van der Waals surface area contributed by atoms with E-state index in [0.29, 0.717) is 29.3 Å². The zero-order chi connectivity index (χ0) is 19.4. The van der Waals surface area contributed by atoms with E-state index >= 15 is 0 Å². The third kappa shape index (κ3) is 4.62. The highest BCUT2D eigenvalue weighted by atomic mass is 16.5. The van der Waals surface area contributed by atoms with Gasteiger partial charge in [-0.05, 0) is 35.1 Å². The molecule has 0 spiro atoms. The molecular weight excluding hydrogens is 338 g/mol. The largest absolute Gasteiger partial charge is 0.492 e. The van der Waals surface area contributed by atoms with Crippen LogP contribution in [0.5, 0.6) is 5.75 Å². The van der Waals surface area contributed by atoms with Crippen molar-refractivity contribution in [2.45, 2.75) is 20.8 Å². The lowest BCUT2D eigenvalue weighted by atomic mass is 9.98. The summed E-state index contributed by atoms with van der Waals surface area (Å²) in [4.78, 5) is 16.7. The third-order valence-corrected chi connectivity index (χ3v) is 3.88. The van der Waals surface area contributed by atoms with Gasteiger partial charge in [0, 0.05) is 17.3 Å². The molecule has 1 aromatic heterocycles. The summed E-state index contributed by atoms with van der Waals surface area (Å²) in [5.41, 5.74) is 1.21. The minimum atomic E-state index is -0.326. The van der Waals surface area contributed by atoms with E-state index in [9.17, 15) is 10.1 Å². The van der Waals surface area contributed by atoms with E-state index < -0.39 is 0 Å². The van der Waals surface area contributed by atoms with Crippen molar-refractivity contribution in [2.24, 2.45) is 5.41 Å². The number of carbonyl (C=O) groups is 1. The van der Waals surface area contributed by atoms with Crippen LogP contribution in [0.25, 0.3) is 10.8 Å². The normalized spacial score (nSPS) is 11.0. The molecule has 0 bridgehead atoms. The Bertz CT molecular complexity index is 1030. The fourth-order valence-electron chi connectivity index (χ4n) is 2.52. The van der Waals surface area contributed by atoms with Gasteiger partial charge in [0.15, 0.2) is 0 Å². The van der Waals surface area contributed by atoms with Crippen molar-refractivity contribution in [2.75, 3.05) is 11.9 Å². The first-order valence-electron chi connectivity index (χ1n) is 8.69. The highest BCUT2D eigenvalue weighted by Crippen LogP contribution is 2.25. The standard InChI is InChI=1S/C22H21N3O2/c1-22(2,3)14-27-20-9-8-18(10-17(20)12-23)25-21(26)19-11-15-6-4-5-7-16(15)13-24-19/h4-11,13H,14H2,1-3H3,(H,25,26). The highest BCUT2D eigenvalue weighted by Gasteiger charge is 2.14. The Kier molecular flexibility index (Phi) is 5.09. The molecule has 0 aliphatic carbocycles. The molecule has 27 heavy (non-hydrogen) atoms. The van der Waals surface area contributed by atoms with Gasteiger partial charge < -0.3 is 10.1 Å². The van der Waals surface area contributed by atoms with Crippen LogP contribution in [0.4, 0.5) is 5.69 Å². The molecule has 0 atom stereocenters. The van der Waals surface area contributed by atoms with Crippen molar-refractivity contribution in [1.82, 2.24) is 4.98 Å². The van der Waals surface area contributed by atoms with Gasteiger partial charge in [-0.1, -0.05) is 45.0 Å². The second-order valence-electron chi connectivity index (χ2n) is 7.54. The average molecular weight is 359 g/mol. The van der Waals surface area contributed by atoms with Gasteiger partial charge in [-0.15, -0.1) is 0 Å². The number of benzene rings is 2. The van der Waals surface area contributed by atoms with Crippen LogP contribution in [0.2, 0.25) is 0 Å². The van der Waals surface area contributed by atoms with E-state index in [-0.39, 0.29) is 11.3 Å². The summed E-state index contributed by atoms with van der Waals surface area (Å²) < 4.78 is 5.74. The van der Waals surface area contributed by atoms with Crippen LogP contribution in [-0.4, -0.2) is 17.5 Å². The number of nitrogens with zero attached hydrogens (tertiary/aromatic N) is 2. The van der Waals surface area contributed by atoms with E-state index in [1.807, 2.05) is 24.3 Å². The lowest BCUT2D eigenvalue weighted by Gasteiger charge is -2.19. The summed E-state index contributed by atoms with van der Waals surface area (Å²) in [7, 11) is 0. The average Bonchev–Trinajstić information content (AvgIpc) is 2.65. The Morgan fingerprint density at radius 2 is 1.89 bits per heavy atom. The maximum Gasteiger partial charge on any atom is 0.274 e. The number of rotatable bonds is 4. The van der Waals surface area contributed by atoms with Crippen molar-refractivity contribution >= 4 is 22.4 Å². The van der Waals surface area contributed by atoms with Gasteiger partial charge in [0.25, 0.3) is 5.91 Å². The number of anilines is 1. The number of aromatic nitrogens is 1. The van der Waals surface area contributed by atoms with Crippen molar-refractivity contribution in [3.8, 4) is 11.8 Å². The zero-order valence-corrected chi connectivity index (χ0v) is 15.6. The van der Waals surface area contributed by atoms with Gasteiger partial charge in [0.05, 0.1) is 12.2 Å². The van der Waals surface area contributed by atoms with E-state index in [4.69, 9.17) is 4.74 Å². The van der Waals surface area contributed by atoms with Crippen LogP contribution >= 0.6 is 0 Å². The van der Waals surface area contributed by atoms with Gasteiger partial charge in [-0.2, -0.15) is 5.26 Å². The lowest BCUT2D eigenvalue weighted by Crippen LogP contribution is -2.17. The van der Waals surface area contributed by atoms with Gasteiger partial charge in [0.2, 0.25) is 0 Å². The molecule has 0 unspecified atom stereocenters. The molecule has 3 aromatic rings. The topological polar surface area (TPSA) is 75.0 Å². The molecule has 3 rings (SSSR count). The first-order chi connectivity index (χ1) is 12.9. The Morgan fingerprint density at radius 3 is 2.59 bits per heavy atom. The summed E-state index contributed by atoms with van der Waals surface area (Å²) in [5, 5.41) is 14.1. The summed E-state index contributed by atoms with van der Waals surface area (Å²) in [6.45, 7) is 6.67. The van der Waals surface area contributed by atoms with Crippen LogP contribution in [0.15, 0.2) is 54.7 Å². The van der Waals surface area contributed by atoms with Gasteiger partial charge in [-0.25, -0.2) is 0 Å². The number of fused-ring (bicyclic) bond motifs is 1. The SMILES string of the molecule is CC(C)(C)COc1ccc(NC(=O)c2cc3ccccc3cn2)cc1C#N. The van der Waals surface area contributed by atoms with Crippen molar-refractivity contribution < 1.29 is 9.53 Å². The van der Waals surface area contributed by atoms with Crippen molar-refractivity contribution in [1.29, 1.82) is 5.26 Å². The second kappa shape index (κ2) is 7.46. The number of hydrogen-bond donors (Lipinski definition) is 1. The van der Waals surface area contributed by atoms with Gasteiger partial charge in [0.1, 0.15) is 17.5 Å². The monoisotopic (exact) mass is 359 g/mol. The molecule has 1 amide bonds. The Balaban J connectivity index is 1.78. The van der Waals surface area contributed by atoms with Crippen LogP contribution in [0, 0.1) is 16.7 Å². The van der Waals surface area contributed by atoms with Gasteiger partial charge in [-0.3, -0.25) is 9.78 Å². The molecule has 0 radical (unpaired) electrons. The number of amides is 1. The number of hydrogen-bond acceptors (Lipinski definition) is 4. The Hall–Kier alpha value is -3.39. The third-order valence-electron chi connectivity index (χ3n) is 3.88. The summed E-state index contributed by atoms with van der Waals surface area (Å²) >= 11 is 0. The summed E-state index contributed by atoms with van der Waals surface area (Å²) in [6.07, 6.45) is 1.67. The summed E-state index contributed by atoms with van der Waals surface area (Å²) in [5.74, 6) is 0.183. The fourth-order valence-corrected chi connectivity index (χ4v) is 2.52. The molecular formula is C22H21N3O2. The molecule has 0 fully saturated rings. The maximum absolute atomic E-state index is 12.5. The number of ether oxygens (including phenoxy) is 1. The van der Waals surface area contributed by atoms with Gasteiger partial charge >= 0.3 is 0 Å². The van der Waals surface area contributed by atoms with E-state index in [0.717, 1.165) is 10.8 Å². The highest BCUT2D eigenvalue weighted by molar-refractivity contribution is 6.04. The van der Waals surface area contributed by atoms with Crippen LogP contribution in [-0.2, 0) is 0 Å². The molecule has 1 heterocycles. The first kappa shape index (κ1) is 18.4. The predicted octanol–water partition coefficient (Wildman–Crippen LogP) is 4.78. The molecule has 0 aliphatic heterocycles. The molecule has 5 heteroatoms. The number of carbonyl (C=O) groups excluding carboxylic acids is 1. The predicted molar refractivity (Wildman–Crippen MR) is 106 cm³/mol. The zero-order valence-electron chi connectivity index (χ0n) is 15.6. The minimum absolute atomic E-state index is 0.0125. The van der Waals surface area contributed by atoms with Crippen LogP contribution in [0.3, 0.4) is 0 Å². The molecule has 5 nitrogen and oxygen atoms in total. The number of nitrogens with one attached hydrogen (secondary N) is 1. The van der Waals surface area contributed by atoms with Crippen LogP contribution in [0.1, 0.15) is 36.8 Å². The Morgan fingerprint density at radius 1 is 1.15 bits per heavy atom. The molecule has 0 saturated heterocycles. The van der Waals surface area contributed by atoms with Crippen molar-refractivity contribution in [3.63, 3.8) is 0 Å². The molecule has 2 aromatic carbocycles. The number of nitriles is 1. The fraction of sp³-hybridized carbons (Fsp3) is 0.227. The molecule has 136 valence electrons. The van der Waals surface area contributed by atoms with Crippen molar-refractivity contribution in [3.05, 3.63) is 66.0 Å². The van der Waals surface area contributed by atoms with E-state index in [2.05, 4.69) is 37.1 Å². The quantitative estimate of drug-likeness (QED) is 0.727. The maximum atomic E-state index is 12.5. The smallest absolute Gasteiger partial charge is 0.274 e. The first-order valence-corrected chi connectivity index (χ1v) is 8.69. The molecule has 0 saturated carbocycles. The summed E-state index contributed by atoms with van der Waals surface area (Å²) in [6, 6.07) is 16.6. The molecule has 1 N–H and O–H groups in total. The van der Waals surface area contributed by atoms with Crippen LogP contribution < -0.4 is 10.1 Å². The lowest BCUT2D eigenvalue weighted by molar-refractivity contribution is 0.102. The van der Waals surface area contributed by atoms with E-state index in [1.54, 1.807) is 30.5 Å². The second-order valence-corrected chi connectivity index (χ2v) is 7.54. The Labute approximate surface area is 158 Å². The number of pyridine rings is 1.